The Morgan fingerprint density at radius 3 is 2.61 bits per heavy atom. The summed E-state index contributed by atoms with van der Waals surface area (Å²) >= 11 is 0. The van der Waals surface area contributed by atoms with Crippen LogP contribution < -0.4 is 15.6 Å². The monoisotopic (exact) mass is 318 g/mol. The van der Waals surface area contributed by atoms with E-state index in [1.54, 1.807) is 13.0 Å². The fraction of sp³-hybridized carbons (Fsp3) is 0.250. The highest BCUT2D eigenvalue weighted by Crippen LogP contribution is 2.13. The molecule has 0 fully saturated rings. The Morgan fingerprint density at radius 2 is 1.87 bits per heavy atom. The van der Waals surface area contributed by atoms with Gasteiger partial charge in [0.1, 0.15) is 24.7 Å². The lowest BCUT2D eigenvalue weighted by Crippen LogP contribution is -2.43. The van der Waals surface area contributed by atoms with Gasteiger partial charge in [-0.15, -0.1) is 0 Å². The quantitative estimate of drug-likeness (QED) is 0.758. The van der Waals surface area contributed by atoms with Crippen LogP contribution in [0.4, 0.5) is 0 Å². The molecule has 0 unspecified atom stereocenters. The second-order valence-corrected chi connectivity index (χ2v) is 4.51. The standard InChI is InChI=1S/C16H18N2O5/c1-2-21-11-15(19)17-18-16(20)14-9-8-13(23-14)10-22-12-6-4-3-5-7-12/h3-9H,2,10-11H2,1H3,(H,17,19)(H,18,20). The summed E-state index contributed by atoms with van der Waals surface area (Å²) in [7, 11) is 0. The highest BCUT2D eigenvalue weighted by Gasteiger charge is 2.12. The molecule has 1 aromatic carbocycles. The lowest BCUT2D eigenvalue weighted by Gasteiger charge is -2.06. The Balaban J connectivity index is 1.79. The Hall–Kier alpha value is -2.80. The van der Waals surface area contributed by atoms with E-state index in [-0.39, 0.29) is 19.0 Å². The Labute approximate surface area is 133 Å². The van der Waals surface area contributed by atoms with Crippen LogP contribution in [0.25, 0.3) is 0 Å². The molecule has 0 aliphatic rings. The van der Waals surface area contributed by atoms with Gasteiger partial charge in [-0.05, 0) is 31.2 Å². The van der Waals surface area contributed by atoms with Crippen molar-refractivity contribution in [3.8, 4) is 5.75 Å². The fourth-order valence-electron chi connectivity index (χ4n) is 1.67. The lowest BCUT2D eigenvalue weighted by atomic mass is 10.3. The first-order valence-corrected chi connectivity index (χ1v) is 7.12. The van der Waals surface area contributed by atoms with Crippen molar-refractivity contribution in [2.24, 2.45) is 0 Å². The summed E-state index contributed by atoms with van der Waals surface area (Å²) in [4.78, 5) is 23.1. The Bertz CT molecular complexity index is 639. The fourth-order valence-corrected chi connectivity index (χ4v) is 1.67. The molecule has 0 radical (unpaired) electrons. The largest absolute Gasteiger partial charge is 0.486 e. The van der Waals surface area contributed by atoms with E-state index in [4.69, 9.17) is 13.9 Å². The maximum atomic E-state index is 11.8. The normalized spacial score (nSPS) is 10.1. The molecular formula is C16H18N2O5. The van der Waals surface area contributed by atoms with Gasteiger partial charge in [0, 0.05) is 6.61 Å². The van der Waals surface area contributed by atoms with E-state index in [0.29, 0.717) is 18.1 Å². The van der Waals surface area contributed by atoms with Crippen molar-refractivity contribution in [3.05, 3.63) is 54.0 Å². The van der Waals surface area contributed by atoms with Gasteiger partial charge in [-0.25, -0.2) is 0 Å². The highest BCUT2D eigenvalue weighted by atomic mass is 16.5. The average molecular weight is 318 g/mol. The van der Waals surface area contributed by atoms with Gasteiger partial charge in [0.2, 0.25) is 0 Å². The van der Waals surface area contributed by atoms with E-state index >= 15 is 0 Å². The van der Waals surface area contributed by atoms with Crippen LogP contribution in [0.1, 0.15) is 23.2 Å². The van der Waals surface area contributed by atoms with Crippen LogP contribution in [0.3, 0.4) is 0 Å². The third-order valence-corrected chi connectivity index (χ3v) is 2.76. The number of hydrazine groups is 1. The van der Waals surface area contributed by atoms with Crippen molar-refractivity contribution < 1.29 is 23.5 Å². The van der Waals surface area contributed by atoms with Gasteiger partial charge < -0.3 is 13.9 Å². The van der Waals surface area contributed by atoms with Gasteiger partial charge in [-0.2, -0.15) is 0 Å². The van der Waals surface area contributed by atoms with E-state index in [0.717, 1.165) is 0 Å². The molecule has 0 aliphatic heterocycles. The molecule has 2 aromatic rings. The van der Waals surface area contributed by atoms with E-state index in [1.165, 1.54) is 6.07 Å². The van der Waals surface area contributed by atoms with Crippen LogP contribution in [0, 0.1) is 0 Å². The van der Waals surface area contributed by atoms with Crippen LogP contribution in [-0.2, 0) is 16.1 Å². The molecule has 0 saturated carbocycles. The predicted molar refractivity (Wildman–Crippen MR) is 81.6 cm³/mol. The van der Waals surface area contributed by atoms with Gasteiger partial charge in [0.15, 0.2) is 5.76 Å². The zero-order valence-corrected chi connectivity index (χ0v) is 12.7. The van der Waals surface area contributed by atoms with Crippen LogP contribution in [0.2, 0.25) is 0 Å². The molecule has 0 saturated heterocycles. The summed E-state index contributed by atoms with van der Waals surface area (Å²) in [5, 5.41) is 0. The van der Waals surface area contributed by atoms with Crippen molar-refractivity contribution in [1.82, 2.24) is 10.9 Å². The van der Waals surface area contributed by atoms with Gasteiger partial charge in [0.05, 0.1) is 0 Å². The van der Waals surface area contributed by atoms with Crippen LogP contribution in [-0.4, -0.2) is 25.0 Å². The lowest BCUT2D eigenvalue weighted by molar-refractivity contribution is -0.126. The highest BCUT2D eigenvalue weighted by molar-refractivity contribution is 5.93. The molecule has 122 valence electrons. The van der Waals surface area contributed by atoms with Crippen molar-refractivity contribution in [3.63, 3.8) is 0 Å². The molecule has 23 heavy (non-hydrogen) atoms. The third kappa shape index (κ3) is 5.48. The van der Waals surface area contributed by atoms with E-state index < -0.39 is 11.8 Å². The molecule has 2 N–H and O–H groups in total. The molecule has 0 atom stereocenters. The summed E-state index contributed by atoms with van der Waals surface area (Å²) < 4.78 is 15.8. The number of carbonyl (C=O) groups excluding carboxylic acids is 2. The van der Waals surface area contributed by atoms with E-state index in [1.807, 2.05) is 30.3 Å². The maximum Gasteiger partial charge on any atom is 0.305 e. The molecule has 0 bridgehead atoms. The van der Waals surface area contributed by atoms with Gasteiger partial charge in [-0.1, -0.05) is 18.2 Å². The second-order valence-electron chi connectivity index (χ2n) is 4.51. The molecule has 7 heteroatoms. The number of amides is 2. The topological polar surface area (TPSA) is 89.8 Å². The summed E-state index contributed by atoms with van der Waals surface area (Å²) in [6, 6.07) is 12.4. The van der Waals surface area contributed by atoms with Crippen LogP contribution >= 0.6 is 0 Å². The van der Waals surface area contributed by atoms with Gasteiger partial charge in [0.25, 0.3) is 5.91 Å². The minimum absolute atomic E-state index is 0.0772. The summed E-state index contributed by atoms with van der Waals surface area (Å²) in [6.45, 7) is 2.27. The van der Waals surface area contributed by atoms with E-state index in [9.17, 15) is 9.59 Å². The molecule has 7 nitrogen and oxygen atoms in total. The molecule has 2 amide bonds. The first kappa shape index (κ1) is 16.6. The number of para-hydroxylation sites is 1. The molecule has 0 spiro atoms. The maximum absolute atomic E-state index is 11.8. The first-order chi connectivity index (χ1) is 11.2. The molecule has 2 rings (SSSR count). The molecular weight excluding hydrogens is 300 g/mol. The summed E-state index contributed by atoms with van der Waals surface area (Å²) in [6.07, 6.45) is 0. The molecule has 1 heterocycles. The van der Waals surface area contributed by atoms with Crippen molar-refractivity contribution in [2.45, 2.75) is 13.5 Å². The zero-order valence-electron chi connectivity index (χ0n) is 12.7. The number of hydrogen-bond donors (Lipinski definition) is 2. The Morgan fingerprint density at radius 1 is 1.09 bits per heavy atom. The second kappa shape index (κ2) is 8.60. The van der Waals surface area contributed by atoms with Crippen molar-refractivity contribution in [1.29, 1.82) is 0 Å². The number of hydrogen-bond acceptors (Lipinski definition) is 5. The third-order valence-electron chi connectivity index (χ3n) is 2.76. The van der Waals surface area contributed by atoms with Gasteiger partial charge >= 0.3 is 5.91 Å². The number of nitrogens with one attached hydrogen (secondary N) is 2. The predicted octanol–water partition coefficient (Wildman–Crippen LogP) is 1.66. The van der Waals surface area contributed by atoms with Crippen molar-refractivity contribution in [2.75, 3.05) is 13.2 Å². The van der Waals surface area contributed by atoms with Crippen LogP contribution in [0.5, 0.6) is 5.75 Å². The number of furan rings is 1. The summed E-state index contributed by atoms with van der Waals surface area (Å²) in [5.74, 6) is 0.284. The average Bonchev–Trinajstić information content (AvgIpc) is 3.06. The van der Waals surface area contributed by atoms with Crippen molar-refractivity contribution >= 4 is 11.8 Å². The number of ether oxygens (including phenoxy) is 2. The first-order valence-electron chi connectivity index (χ1n) is 7.12. The summed E-state index contributed by atoms with van der Waals surface area (Å²) in [5.41, 5.74) is 4.47. The number of carbonyl (C=O) groups is 2. The minimum Gasteiger partial charge on any atom is -0.486 e. The minimum atomic E-state index is -0.555. The van der Waals surface area contributed by atoms with Crippen LogP contribution in [0.15, 0.2) is 46.9 Å². The molecule has 1 aromatic heterocycles. The van der Waals surface area contributed by atoms with E-state index in [2.05, 4.69) is 10.9 Å². The zero-order chi connectivity index (χ0) is 16.5. The SMILES string of the molecule is CCOCC(=O)NNC(=O)c1ccc(COc2ccccc2)o1. The van der Waals surface area contributed by atoms with Gasteiger partial charge in [-0.3, -0.25) is 20.4 Å². The smallest absolute Gasteiger partial charge is 0.305 e. The number of rotatable bonds is 7. The molecule has 0 aliphatic carbocycles. The Kier molecular flexibility index (Phi) is 6.19. The number of benzene rings is 1.